The monoisotopic (exact) mass is 255 g/mol. The van der Waals surface area contributed by atoms with Gasteiger partial charge in [0.15, 0.2) is 0 Å². The largest absolute Gasteiger partial charge is 0.321 e. The molecule has 0 saturated heterocycles. The van der Waals surface area contributed by atoms with E-state index in [2.05, 4.69) is 15.5 Å². The Morgan fingerprint density at radius 1 is 1.21 bits per heavy atom. The molecule has 1 aromatic heterocycles. The van der Waals surface area contributed by atoms with Crippen molar-refractivity contribution in [3.63, 3.8) is 0 Å². The molecule has 2 N–H and O–H groups in total. The topological polar surface area (TPSA) is 57.8 Å². The fourth-order valence-electron chi connectivity index (χ4n) is 1.90. The van der Waals surface area contributed by atoms with Crippen LogP contribution in [0.1, 0.15) is 10.4 Å². The molecule has 3 aromatic rings. The number of aromatic nitrogens is 2. The van der Waals surface area contributed by atoms with Crippen molar-refractivity contribution in [1.82, 2.24) is 10.2 Å². The summed E-state index contributed by atoms with van der Waals surface area (Å²) in [6.07, 6.45) is 1.64. The highest BCUT2D eigenvalue weighted by Crippen LogP contribution is 2.21. The molecule has 0 saturated carbocycles. The van der Waals surface area contributed by atoms with Gasteiger partial charge in [0.1, 0.15) is 5.82 Å². The summed E-state index contributed by atoms with van der Waals surface area (Å²) in [6.45, 7) is 0. The molecular formula is C14H10FN3O. The molecule has 0 aliphatic rings. The zero-order chi connectivity index (χ0) is 13.2. The average Bonchev–Trinajstić information content (AvgIpc) is 2.88. The van der Waals surface area contributed by atoms with Gasteiger partial charge in [0.25, 0.3) is 5.91 Å². The normalized spacial score (nSPS) is 10.6. The Morgan fingerprint density at radius 2 is 2.05 bits per heavy atom. The summed E-state index contributed by atoms with van der Waals surface area (Å²) < 4.78 is 13.1. The van der Waals surface area contributed by atoms with Gasteiger partial charge in [0, 0.05) is 10.9 Å². The SMILES string of the molecule is O=C(Nc1cccc2[nH]ncc12)c1cccc(F)c1. The highest BCUT2D eigenvalue weighted by atomic mass is 19.1. The number of benzene rings is 2. The van der Waals surface area contributed by atoms with E-state index in [9.17, 15) is 9.18 Å². The zero-order valence-electron chi connectivity index (χ0n) is 9.85. The van der Waals surface area contributed by atoms with Gasteiger partial charge in [-0.15, -0.1) is 0 Å². The number of nitrogens with one attached hydrogen (secondary N) is 2. The standard InChI is InChI=1S/C14H10FN3O/c15-10-4-1-3-9(7-10)14(19)17-12-5-2-6-13-11(12)8-16-18-13/h1-8H,(H,16,18)(H,17,19). The number of rotatable bonds is 2. The van der Waals surface area contributed by atoms with Gasteiger partial charge >= 0.3 is 0 Å². The van der Waals surface area contributed by atoms with E-state index in [1.54, 1.807) is 18.3 Å². The van der Waals surface area contributed by atoms with Crippen molar-refractivity contribution < 1.29 is 9.18 Å². The lowest BCUT2D eigenvalue weighted by molar-refractivity contribution is 0.102. The van der Waals surface area contributed by atoms with Gasteiger partial charge in [-0.1, -0.05) is 12.1 Å². The van der Waals surface area contributed by atoms with Crippen molar-refractivity contribution in [3.8, 4) is 0 Å². The van der Waals surface area contributed by atoms with Crippen LogP contribution in [0.25, 0.3) is 10.9 Å². The third-order valence-electron chi connectivity index (χ3n) is 2.82. The summed E-state index contributed by atoms with van der Waals surface area (Å²) in [4.78, 5) is 12.0. The number of fused-ring (bicyclic) bond motifs is 1. The number of H-pyrrole nitrogens is 1. The summed E-state index contributed by atoms with van der Waals surface area (Å²) in [5.41, 5.74) is 1.75. The maximum absolute atomic E-state index is 13.1. The number of carbonyl (C=O) groups is 1. The minimum Gasteiger partial charge on any atom is -0.321 e. The van der Waals surface area contributed by atoms with Gasteiger partial charge in [-0.2, -0.15) is 5.10 Å². The van der Waals surface area contributed by atoms with Gasteiger partial charge in [0.2, 0.25) is 0 Å². The third-order valence-corrected chi connectivity index (χ3v) is 2.82. The number of amides is 1. The van der Waals surface area contributed by atoms with Gasteiger partial charge in [0.05, 0.1) is 17.4 Å². The number of nitrogens with zero attached hydrogens (tertiary/aromatic N) is 1. The second-order valence-corrected chi connectivity index (χ2v) is 4.10. The summed E-state index contributed by atoms with van der Waals surface area (Å²) in [5, 5.41) is 10.3. The van der Waals surface area contributed by atoms with E-state index in [1.807, 2.05) is 12.1 Å². The van der Waals surface area contributed by atoms with Gasteiger partial charge < -0.3 is 5.32 Å². The van der Waals surface area contributed by atoms with Crippen molar-refractivity contribution >= 4 is 22.5 Å². The van der Waals surface area contributed by atoms with Crippen molar-refractivity contribution in [2.75, 3.05) is 5.32 Å². The Morgan fingerprint density at radius 3 is 2.89 bits per heavy atom. The lowest BCUT2D eigenvalue weighted by Gasteiger charge is -2.06. The molecule has 1 heterocycles. The molecular weight excluding hydrogens is 245 g/mol. The van der Waals surface area contributed by atoms with Crippen LogP contribution in [0.3, 0.4) is 0 Å². The Labute approximate surface area is 108 Å². The maximum atomic E-state index is 13.1. The van der Waals surface area contributed by atoms with Crippen LogP contribution in [0.15, 0.2) is 48.7 Å². The molecule has 0 unspecified atom stereocenters. The fourth-order valence-corrected chi connectivity index (χ4v) is 1.90. The van der Waals surface area contributed by atoms with E-state index < -0.39 is 5.82 Å². The number of carbonyl (C=O) groups excluding carboxylic acids is 1. The molecule has 0 spiro atoms. The van der Waals surface area contributed by atoms with Crippen LogP contribution in [-0.4, -0.2) is 16.1 Å². The molecule has 0 aliphatic carbocycles. The molecule has 0 atom stereocenters. The van der Waals surface area contributed by atoms with Crippen LogP contribution in [-0.2, 0) is 0 Å². The number of hydrogen-bond donors (Lipinski definition) is 2. The average molecular weight is 255 g/mol. The molecule has 0 bridgehead atoms. The predicted molar refractivity (Wildman–Crippen MR) is 70.4 cm³/mol. The quantitative estimate of drug-likeness (QED) is 0.739. The molecule has 1 amide bonds. The van der Waals surface area contributed by atoms with Crippen LogP contribution in [0.2, 0.25) is 0 Å². The molecule has 0 fully saturated rings. The van der Waals surface area contributed by atoms with Gasteiger partial charge in [-0.05, 0) is 30.3 Å². The Bertz CT molecular complexity index is 751. The first kappa shape index (κ1) is 11.4. The van der Waals surface area contributed by atoms with Crippen LogP contribution in [0, 0.1) is 5.82 Å². The highest BCUT2D eigenvalue weighted by molar-refractivity contribution is 6.08. The van der Waals surface area contributed by atoms with E-state index in [0.29, 0.717) is 5.69 Å². The number of aromatic amines is 1. The van der Waals surface area contributed by atoms with Gasteiger partial charge in [-0.3, -0.25) is 9.89 Å². The molecule has 4 nitrogen and oxygen atoms in total. The van der Waals surface area contributed by atoms with Crippen molar-refractivity contribution in [2.45, 2.75) is 0 Å². The number of hydrogen-bond acceptors (Lipinski definition) is 2. The van der Waals surface area contributed by atoms with E-state index in [4.69, 9.17) is 0 Å². The molecule has 94 valence electrons. The lowest BCUT2D eigenvalue weighted by atomic mass is 10.2. The van der Waals surface area contributed by atoms with E-state index in [0.717, 1.165) is 10.9 Å². The Hall–Kier alpha value is -2.69. The second kappa shape index (κ2) is 4.53. The Kier molecular flexibility index (Phi) is 2.72. The van der Waals surface area contributed by atoms with Crippen LogP contribution >= 0.6 is 0 Å². The number of halogens is 1. The van der Waals surface area contributed by atoms with Crippen molar-refractivity contribution in [3.05, 3.63) is 60.0 Å². The second-order valence-electron chi connectivity index (χ2n) is 4.10. The summed E-state index contributed by atoms with van der Waals surface area (Å²) >= 11 is 0. The maximum Gasteiger partial charge on any atom is 0.255 e. The first-order chi connectivity index (χ1) is 9.24. The minimum atomic E-state index is -0.436. The molecule has 19 heavy (non-hydrogen) atoms. The van der Waals surface area contributed by atoms with Crippen LogP contribution in [0.4, 0.5) is 10.1 Å². The predicted octanol–water partition coefficient (Wildman–Crippen LogP) is 2.95. The fraction of sp³-hybridized carbons (Fsp3) is 0. The Balaban J connectivity index is 1.93. The van der Waals surface area contributed by atoms with E-state index >= 15 is 0 Å². The lowest BCUT2D eigenvalue weighted by Crippen LogP contribution is -2.12. The van der Waals surface area contributed by atoms with Crippen LogP contribution in [0.5, 0.6) is 0 Å². The first-order valence-corrected chi connectivity index (χ1v) is 5.73. The molecule has 2 aromatic carbocycles. The molecule has 5 heteroatoms. The smallest absolute Gasteiger partial charge is 0.255 e. The zero-order valence-corrected chi connectivity index (χ0v) is 9.85. The molecule has 3 rings (SSSR count). The van der Waals surface area contributed by atoms with Crippen molar-refractivity contribution in [2.24, 2.45) is 0 Å². The summed E-state index contributed by atoms with van der Waals surface area (Å²) in [6, 6.07) is 11.0. The van der Waals surface area contributed by atoms with Crippen LogP contribution < -0.4 is 5.32 Å². The minimum absolute atomic E-state index is 0.278. The summed E-state index contributed by atoms with van der Waals surface area (Å²) in [5.74, 6) is -0.789. The molecule has 0 aliphatic heterocycles. The van der Waals surface area contributed by atoms with E-state index in [1.165, 1.54) is 18.2 Å². The third kappa shape index (κ3) is 2.18. The number of anilines is 1. The molecule has 0 radical (unpaired) electrons. The van der Waals surface area contributed by atoms with Crippen molar-refractivity contribution in [1.29, 1.82) is 0 Å². The highest BCUT2D eigenvalue weighted by Gasteiger charge is 2.09. The van der Waals surface area contributed by atoms with E-state index in [-0.39, 0.29) is 11.5 Å². The first-order valence-electron chi connectivity index (χ1n) is 5.73. The van der Waals surface area contributed by atoms with Gasteiger partial charge in [-0.25, -0.2) is 4.39 Å². The summed E-state index contributed by atoms with van der Waals surface area (Å²) in [7, 11) is 0.